The topological polar surface area (TPSA) is 110 Å². The van der Waals surface area contributed by atoms with Crippen LogP contribution in [0.2, 0.25) is 0 Å². The number of primary amides is 1. The third kappa shape index (κ3) is 2.96. The van der Waals surface area contributed by atoms with E-state index in [4.69, 9.17) is 10.5 Å². The second-order valence-corrected chi connectivity index (χ2v) is 7.34. The minimum atomic E-state index is -1.24. The van der Waals surface area contributed by atoms with Gasteiger partial charge in [-0.25, -0.2) is 4.90 Å². The lowest BCUT2D eigenvalue weighted by Gasteiger charge is -2.32. The van der Waals surface area contributed by atoms with Gasteiger partial charge < -0.3 is 15.4 Å². The molecule has 0 aliphatic carbocycles. The SMILES string of the molecule is COCC(=O)N1C(C(N)=O)C2C(=O)N(c3ccccc3)C(=O)C2C1c1ccccc1. The van der Waals surface area contributed by atoms with Gasteiger partial charge in [-0.15, -0.1) is 0 Å². The first-order valence-corrected chi connectivity index (χ1v) is 9.54. The highest BCUT2D eigenvalue weighted by Gasteiger charge is 2.65. The number of carbonyl (C=O) groups excluding carboxylic acids is 4. The summed E-state index contributed by atoms with van der Waals surface area (Å²) in [5, 5.41) is 0. The number of rotatable bonds is 5. The molecule has 4 rings (SSSR count). The fourth-order valence-electron chi connectivity index (χ4n) is 4.57. The van der Waals surface area contributed by atoms with Crippen LogP contribution in [0.3, 0.4) is 0 Å². The molecule has 8 nitrogen and oxygen atoms in total. The second kappa shape index (κ2) is 7.72. The Bertz CT molecular complexity index is 994. The maximum atomic E-state index is 13.5. The normalized spacial score (nSPS) is 25.5. The Kier molecular flexibility index (Phi) is 5.09. The number of amides is 4. The molecule has 0 aromatic heterocycles. The van der Waals surface area contributed by atoms with E-state index in [2.05, 4.69) is 0 Å². The van der Waals surface area contributed by atoms with Crippen LogP contribution in [0.25, 0.3) is 0 Å². The van der Waals surface area contributed by atoms with Crippen LogP contribution < -0.4 is 10.6 Å². The van der Waals surface area contributed by atoms with Crippen LogP contribution in [0.5, 0.6) is 0 Å². The van der Waals surface area contributed by atoms with Gasteiger partial charge in [-0.05, 0) is 17.7 Å². The van der Waals surface area contributed by atoms with Gasteiger partial charge in [0.05, 0.1) is 23.6 Å². The summed E-state index contributed by atoms with van der Waals surface area (Å²) >= 11 is 0. The molecule has 0 bridgehead atoms. The molecule has 2 fully saturated rings. The number of ether oxygens (including phenoxy) is 1. The number of methoxy groups -OCH3 is 1. The zero-order valence-electron chi connectivity index (χ0n) is 16.3. The number of hydrogen-bond donors (Lipinski definition) is 1. The van der Waals surface area contributed by atoms with Crippen LogP contribution in [0, 0.1) is 11.8 Å². The zero-order chi connectivity index (χ0) is 21.4. The number of carbonyl (C=O) groups is 4. The summed E-state index contributed by atoms with van der Waals surface area (Å²) < 4.78 is 4.97. The fraction of sp³-hybridized carbons (Fsp3) is 0.273. The second-order valence-electron chi connectivity index (χ2n) is 7.34. The first-order chi connectivity index (χ1) is 14.5. The van der Waals surface area contributed by atoms with Gasteiger partial charge in [0.15, 0.2) is 0 Å². The molecule has 0 saturated carbocycles. The number of nitrogens with two attached hydrogens (primary N) is 1. The van der Waals surface area contributed by atoms with Gasteiger partial charge >= 0.3 is 0 Å². The van der Waals surface area contributed by atoms with Crippen LogP contribution in [-0.4, -0.2) is 48.3 Å². The van der Waals surface area contributed by atoms with Crippen molar-refractivity contribution in [3.8, 4) is 0 Å². The molecule has 0 radical (unpaired) electrons. The number of benzene rings is 2. The lowest BCUT2D eigenvalue weighted by Crippen LogP contribution is -2.51. The summed E-state index contributed by atoms with van der Waals surface area (Å²) in [5.41, 5.74) is 6.73. The molecule has 2 aromatic rings. The van der Waals surface area contributed by atoms with E-state index in [1.165, 1.54) is 12.0 Å². The first kappa shape index (κ1) is 19.8. The van der Waals surface area contributed by atoms with Crippen molar-refractivity contribution in [3.63, 3.8) is 0 Å². The van der Waals surface area contributed by atoms with E-state index >= 15 is 0 Å². The number of imide groups is 1. The minimum Gasteiger partial charge on any atom is -0.375 e. The minimum absolute atomic E-state index is 0.294. The van der Waals surface area contributed by atoms with Crippen LogP contribution in [-0.2, 0) is 23.9 Å². The predicted octanol–water partition coefficient (Wildman–Crippen LogP) is 0.876. The average molecular weight is 407 g/mol. The van der Waals surface area contributed by atoms with E-state index in [1.54, 1.807) is 60.7 Å². The van der Waals surface area contributed by atoms with Crippen LogP contribution in [0.4, 0.5) is 5.69 Å². The summed E-state index contributed by atoms with van der Waals surface area (Å²) in [6, 6.07) is 15.4. The first-order valence-electron chi connectivity index (χ1n) is 9.54. The third-order valence-corrected chi connectivity index (χ3v) is 5.68. The van der Waals surface area contributed by atoms with Crippen molar-refractivity contribution in [1.82, 2.24) is 4.90 Å². The smallest absolute Gasteiger partial charge is 0.249 e. The number of fused-ring (bicyclic) bond motifs is 1. The summed E-state index contributed by atoms with van der Waals surface area (Å²) in [6.07, 6.45) is 0. The van der Waals surface area contributed by atoms with E-state index in [9.17, 15) is 19.2 Å². The predicted molar refractivity (Wildman–Crippen MR) is 107 cm³/mol. The van der Waals surface area contributed by atoms with E-state index < -0.39 is 47.5 Å². The quantitative estimate of drug-likeness (QED) is 0.740. The molecule has 2 aromatic carbocycles. The van der Waals surface area contributed by atoms with Crippen LogP contribution in [0.15, 0.2) is 60.7 Å². The largest absolute Gasteiger partial charge is 0.375 e. The van der Waals surface area contributed by atoms with Crippen molar-refractivity contribution < 1.29 is 23.9 Å². The molecule has 4 atom stereocenters. The van der Waals surface area contributed by atoms with Gasteiger partial charge in [0, 0.05) is 7.11 Å². The van der Waals surface area contributed by atoms with Crippen molar-refractivity contribution in [2.75, 3.05) is 18.6 Å². The number of nitrogens with zero attached hydrogens (tertiary/aromatic N) is 2. The molecule has 0 spiro atoms. The van der Waals surface area contributed by atoms with E-state index in [0.717, 1.165) is 4.90 Å². The molecule has 30 heavy (non-hydrogen) atoms. The number of hydrogen-bond acceptors (Lipinski definition) is 5. The molecule has 2 N–H and O–H groups in total. The molecule has 8 heteroatoms. The van der Waals surface area contributed by atoms with Gasteiger partial charge in [0.1, 0.15) is 12.6 Å². The molecule has 2 aliphatic rings. The maximum absolute atomic E-state index is 13.5. The summed E-state index contributed by atoms with van der Waals surface area (Å²) in [6.45, 7) is -0.294. The van der Waals surface area contributed by atoms with Crippen molar-refractivity contribution in [1.29, 1.82) is 0 Å². The van der Waals surface area contributed by atoms with E-state index in [-0.39, 0.29) is 6.61 Å². The van der Waals surface area contributed by atoms with Gasteiger partial charge in [-0.3, -0.25) is 19.2 Å². The highest BCUT2D eigenvalue weighted by Crippen LogP contribution is 2.50. The average Bonchev–Trinajstić information content (AvgIpc) is 3.23. The lowest BCUT2D eigenvalue weighted by atomic mass is 9.86. The number of para-hydroxylation sites is 1. The van der Waals surface area contributed by atoms with Gasteiger partial charge in [-0.1, -0.05) is 48.5 Å². The third-order valence-electron chi connectivity index (χ3n) is 5.68. The highest BCUT2D eigenvalue weighted by atomic mass is 16.5. The van der Waals surface area contributed by atoms with Crippen LogP contribution >= 0.6 is 0 Å². The molecule has 2 aliphatic heterocycles. The van der Waals surface area contributed by atoms with Crippen molar-refractivity contribution in [2.24, 2.45) is 17.6 Å². The molecule has 2 heterocycles. The number of anilines is 1. The Morgan fingerprint density at radius 2 is 1.50 bits per heavy atom. The summed E-state index contributed by atoms with van der Waals surface area (Å²) in [7, 11) is 1.36. The van der Waals surface area contributed by atoms with E-state index in [0.29, 0.717) is 11.3 Å². The Hall–Kier alpha value is -3.52. The molecule has 4 unspecified atom stereocenters. The van der Waals surface area contributed by atoms with Gasteiger partial charge in [0.2, 0.25) is 23.6 Å². The maximum Gasteiger partial charge on any atom is 0.249 e. The molecular formula is C22H21N3O5. The Morgan fingerprint density at radius 1 is 0.933 bits per heavy atom. The summed E-state index contributed by atoms with van der Waals surface area (Å²) in [4.78, 5) is 54.5. The molecule has 2 saturated heterocycles. The molecular weight excluding hydrogens is 386 g/mol. The Labute approximate surface area is 173 Å². The van der Waals surface area contributed by atoms with Gasteiger partial charge in [-0.2, -0.15) is 0 Å². The molecule has 4 amide bonds. The van der Waals surface area contributed by atoms with Crippen molar-refractivity contribution in [3.05, 3.63) is 66.2 Å². The highest BCUT2D eigenvalue weighted by molar-refractivity contribution is 6.24. The Morgan fingerprint density at radius 3 is 2.07 bits per heavy atom. The van der Waals surface area contributed by atoms with Crippen LogP contribution in [0.1, 0.15) is 11.6 Å². The molecule has 154 valence electrons. The standard InChI is InChI=1S/C22H21N3O5/c1-30-12-15(26)25-18(13-8-4-2-5-9-13)16-17(19(25)20(23)27)22(29)24(21(16)28)14-10-6-3-7-11-14/h2-11,16-19H,12H2,1H3,(H2,23,27). The lowest BCUT2D eigenvalue weighted by molar-refractivity contribution is -0.144. The Balaban J connectivity index is 1.86. The fourth-order valence-corrected chi connectivity index (χ4v) is 4.57. The van der Waals surface area contributed by atoms with Gasteiger partial charge in [0.25, 0.3) is 0 Å². The van der Waals surface area contributed by atoms with Crippen molar-refractivity contribution in [2.45, 2.75) is 12.1 Å². The summed E-state index contributed by atoms with van der Waals surface area (Å²) in [5.74, 6) is -4.29. The monoisotopic (exact) mass is 407 g/mol. The van der Waals surface area contributed by atoms with Crippen molar-refractivity contribution >= 4 is 29.3 Å². The van der Waals surface area contributed by atoms with E-state index in [1.807, 2.05) is 0 Å². The number of likely N-dealkylation sites (tertiary alicyclic amines) is 1. The zero-order valence-corrected chi connectivity index (χ0v) is 16.3.